The van der Waals surface area contributed by atoms with Gasteiger partial charge in [0.2, 0.25) is 0 Å². The highest BCUT2D eigenvalue weighted by atomic mass is 35.5. The Morgan fingerprint density at radius 3 is 2.37 bits per heavy atom. The molecule has 2 aliphatic heterocycles. The van der Waals surface area contributed by atoms with E-state index in [0.29, 0.717) is 6.10 Å². The standard InChI is InChI=1S/C14H28N2O2.ClH/c1-17-10-11-18-14-4-8-16(9-5-14)12-13-2-6-15-7-3-13;/h13-15H,2-12H2,1H3;1H. The monoisotopic (exact) mass is 292 g/mol. The average Bonchev–Trinajstić information content (AvgIpc) is 2.42. The van der Waals surface area contributed by atoms with Crippen LogP contribution in [-0.2, 0) is 9.47 Å². The highest BCUT2D eigenvalue weighted by Crippen LogP contribution is 2.18. The van der Waals surface area contributed by atoms with Crippen molar-refractivity contribution in [3.63, 3.8) is 0 Å². The molecular formula is C14H29ClN2O2. The van der Waals surface area contributed by atoms with Gasteiger partial charge in [-0.3, -0.25) is 0 Å². The van der Waals surface area contributed by atoms with Crippen molar-refractivity contribution in [2.24, 2.45) is 5.92 Å². The van der Waals surface area contributed by atoms with Gasteiger partial charge in [0.05, 0.1) is 19.3 Å². The number of ether oxygens (including phenoxy) is 2. The molecule has 2 fully saturated rings. The summed E-state index contributed by atoms with van der Waals surface area (Å²) < 4.78 is 10.8. The Morgan fingerprint density at radius 2 is 1.74 bits per heavy atom. The lowest BCUT2D eigenvalue weighted by Gasteiger charge is -2.35. The van der Waals surface area contributed by atoms with Gasteiger partial charge in [0, 0.05) is 26.7 Å². The Hall–Kier alpha value is 0.130. The van der Waals surface area contributed by atoms with Crippen LogP contribution < -0.4 is 5.32 Å². The normalized spacial score (nSPS) is 23.2. The Labute approximate surface area is 123 Å². The lowest BCUT2D eigenvalue weighted by molar-refractivity contribution is -0.0171. The van der Waals surface area contributed by atoms with Crippen molar-refractivity contribution in [3.05, 3.63) is 0 Å². The van der Waals surface area contributed by atoms with Gasteiger partial charge in [-0.25, -0.2) is 0 Å². The molecule has 2 heterocycles. The molecule has 0 bridgehead atoms. The van der Waals surface area contributed by atoms with E-state index in [4.69, 9.17) is 9.47 Å². The second kappa shape index (κ2) is 9.94. The number of rotatable bonds is 6. The maximum Gasteiger partial charge on any atom is 0.0704 e. The van der Waals surface area contributed by atoms with E-state index in [1.807, 2.05) is 0 Å². The van der Waals surface area contributed by atoms with Crippen LogP contribution in [0.1, 0.15) is 25.7 Å². The van der Waals surface area contributed by atoms with Crippen molar-refractivity contribution in [2.75, 3.05) is 53.0 Å². The maximum absolute atomic E-state index is 5.80. The lowest BCUT2D eigenvalue weighted by Crippen LogP contribution is -2.42. The summed E-state index contributed by atoms with van der Waals surface area (Å²) in [6, 6.07) is 0. The average molecular weight is 293 g/mol. The quantitative estimate of drug-likeness (QED) is 0.753. The Kier molecular flexibility index (Phi) is 8.99. The van der Waals surface area contributed by atoms with Crippen LogP contribution >= 0.6 is 12.4 Å². The molecule has 0 unspecified atom stereocenters. The smallest absolute Gasteiger partial charge is 0.0704 e. The molecule has 0 atom stereocenters. The van der Waals surface area contributed by atoms with Crippen LogP contribution in [0.15, 0.2) is 0 Å². The number of nitrogens with zero attached hydrogens (tertiary/aromatic N) is 1. The first-order valence-electron chi connectivity index (χ1n) is 7.42. The zero-order valence-corrected chi connectivity index (χ0v) is 12.9. The van der Waals surface area contributed by atoms with Crippen LogP contribution in [0.4, 0.5) is 0 Å². The highest BCUT2D eigenvalue weighted by molar-refractivity contribution is 5.85. The van der Waals surface area contributed by atoms with E-state index in [9.17, 15) is 0 Å². The van der Waals surface area contributed by atoms with Crippen molar-refractivity contribution < 1.29 is 9.47 Å². The lowest BCUT2D eigenvalue weighted by atomic mass is 9.96. The van der Waals surface area contributed by atoms with Crippen LogP contribution in [0.5, 0.6) is 0 Å². The minimum atomic E-state index is 0. The first kappa shape index (κ1) is 17.2. The fraction of sp³-hybridized carbons (Fsp3) is 1.00. The fourth-order valence-electron chi connectivity index (χ4n) is 2.99. The molecule has 4 nitrogen and oxygen atoms in total. The summed E-state index contributed by atoms with van der Waals surface area (Å²) in [6.07, 6.45) is 5.54. The van der Waals surface area contributed by atoms with Gasteiger partial charge >= 0.3 is 0 Å². The Morgan fingerprint density at radius 1 is 1.05 bits per heavy atom. The van der Waals surface area contributed by atoms with Crippen LogP contribution in [-0.4, -0.2) is 64.1 Å². The van der Waals surface area contributed by atoms with E-state index < -0.39 is 0 Å². The van der Waals surface area contributed by atoms with Gasteiger partial charge in [0.25, 0.3) is 0 Å². The van der Waals surface area contributed by atoms with Crippen LogP contribution in [0.2, 0.25) is 0 Å². The van der Waals surface area contributed by atoms with E-state index in [2.05, 4.69) is 10.2 Å². The van der Waals surface area contributed by atoms with Gasteiger partial charge in [0.15, 0.2) is 0 Å². The number of nitrogens with one attached hydrogen (secondary N) is 1. The van der Waals surface area contributed by atoms with Crippen LogP contribution in [0, 0.1) is 5.92 Å². The number of hydrogen-bond donors (Lipinski definition) is 1. The molecule has 0 aromatic heterocycles. The molecule has 0 aromatic rings. The van der Waals surface area contributed by atoms with Crippen molar-refractivity contribution in [1.82, 2.24) is 10.2 Å². The van der Waals surface area contributed by atoms with Gasteiger partial charge in [-0.05, 0) is 44.7 Å². The molecule has 1 N–H and O–H groups in total. The Bertz CT molecular complexity index is 217. The van der Waals surface area contributed by atoms with Gasteiger partial charge < -0.3 is 19.7 Å². The maximum atomic E-state index is 5.80. The Balaban J connectivity index is 0.00000180. The SMILES string of the molecule is COCCOC1CCN(CC2CCNCC2)CC1.Cl. The molecule has 2 saturated heterocycles. The van der Waals surface area contributed by atoms with E-state index in [-0.39, 0.29) is 12.4 Å². The molecule has 2 rings (SSSR count). The van der Waals surface area contributed by atoms with Gasteiger partial charge in [-0.15, -0.1) is 12.4 Å². The van der Waals surface area contributed by atoms with Crippen LogP contribution in [0.25, 0.3) is 0 Å². The number of hydrogen-bond acceptors (Lipinski definition) is 4. The van der Waals surface area contributed by atoms with Crippen molar-refractivity contribution in [2.45, 2.75) is 31.8 Å². The van der Waals surface area contributed by atoms with Gasteiger partial charge in [-0.1, -0.05) is 0 Å². The zero-order valence-electron chi connectivity index (χ0n) is 12.1. The van der Waals surface area contributed by atoms with Crippen molar-refractivity contribution in [1.29, 1.82) is 0 Å². The topological polar surface area (TPSA) is 33.7 Å². The molecule has 0 radical (unpaired) electrons. The molecule has 0 aromatic carbocycles. The molecule has 0 spiro atoms. The van der Waals surface area contributed by atoms with E-state index >= 15 is 0 Å². The zero-order chi connectivity index (χ0) is 12.6. The summed E-state index contributed by atoms with van der Waals surface area (Å²) in [5, 5.41) is 3.44. The van der Waals surface area contributed by atoms with Gasteiger partial charge in [0.1, 0.15) is 0 Å². The molecule has 0 aliphatic carbocycles. The predicted octanol–water partition coefficient (Wildman–Crippen LogP) is 1.54. The molecule has 2 aliphatic rings. The van der Waals surface area contributed by atoms with E-state index in [0.717, 1.165) is 19.1 Å². The third-order valence-corrected chi connectivity index (χ3v) is 4.15. The first-order valence-corrected chi connectivity index (χ1v) is 7.42. The molecule has 114 valence electrons. The summed E-state index contributed by atoms with van der Waals surface area (Å²) >= 11 is 0. The molecular weight excluding hydrogens is 264 g/mol. The molecule has 0 amide bonds. The second-order valence-electron chi connectivity index (χ2n) is 5.56. The third kappa shape index (κ3) is 6.41. The summed E-state index contributed by atoms with van der Waals surface area (Å²) in [7, 11) is 1.73. The molecule has 5 heteroatoms. The first-order chi connectivity index (χ1) is 8.88. The van der Waals surface area contributed by atoms with E-state index in [1.54, 1.807) is 7.11 Å². The summed E-state index contributed by atoms with van der Waals surface area (Å²) in [4.78, 5) is 2.63. The minimum absolute atomic E-state index is 0. The largest absolute Gasteiger partial charge is 0.382 e. The van der Waals surface area contributed by atoms with Crippen molar-refractivity contribution >= 4 is 12.4 Å². The summed E-state index contributed by atoms with van der Waals surface area (Å²) in [5.74, 6) is 0.914. The second-order valence-corrected chi connectivity index (χ2v) is 5.56. The van der Waals surface area contributed by atoms with Crippen LogP contribution in [0.3, 0.4) is 0 Å². The fourth-order valence-corrected chi connectivity index (χ4v) is 2.99. The van der Waals surface area contributed by atoms with E-state index in [1.165, 1.54) is 58.4 Å². The molecule has 19 heavy (non-hydrogen) atoms. The summed E-state index contributed by atoms with van der Waals surface area (Å²) in [6.45, 7) is 7.60. The predicted molar refractivity (Wildman–Crippen MR) is 80.1 cm³/mol. The number of methoxy groups -OCH3 is 1. The molecule has 0 saturated carbocycles. The van der Waals surface area contributed by atoms with Gasteiger partial charge in [-0.2, -0.15) is 0 Å². The number of halogens is 1. The third-order valence-electron chi connectivity index (χ3n) is 4.15. The van der Waals surface area contributed by atoms with Crippen molar-refractivity contribution in [3.8, 4) is 0 Å². The number of piperidine rings is 2. The summed E-state index contributed by atoms with van der Waals surface area (Å²) in [5.41, 5.74) is 0. The highest BCUT2D eigenvalue weighted by Gasteiger charge is 2.22. The minimum Gasteiger partial charge on any atom is -0.382 e. The number of likely N-dealkylation sites (tertiary alicyclic amines) is 1.